The molecule has 1 heterocycles. The van der Waals surface area contributed by atoms with E-state index >= 15 is 0 Å². The summed E-state index contributed by atoms with van der Waals surface area (Å²) in [5, 5.41) is 3.12. The molecule has 1 aliphatic carbocycles. The molecular weight excluding hydrogens is 150 g/mol. The van der Waals surface area contributed by atoms with Gasteiger partial charge in [-0.1, -0.05) is 13.8 Å². The molecule has 2 fully saturated rings. The summed E-state index contributed by atoms with van der Waals surface area (Å²) in [6.07, 6.45) is 4.42. The third kappa shape index (κ3) is 1.23. The van der Waals surface area contributed by atoms with Gasteiger partial charge < -0.3 is 5.32 Å². The third-order valence-electron chi connectivity index (χ3n) is 3.15. The lowest BCUT2D eigenvalue weighted by atomic mass is 9.89. The van der Waals surface area contributed by atoms with Crippen LogP contribution in [-0.2, 0) is 4.79 Å². The molecule has 1 aliphatic heterocycles. The second-order valence-corrected chi connectivity index (χ2v) is 4.73. The van der Waals surface area contributed by atoms with Crippen LogP contribution in [0.1, 0.15) is 39.5 Å². The standard InChI is InChI=1S/C10H17NO/c1-7(2)5-8-6-9(12)11-10(8)3-4-10/h7-8H,3-6H2,1-2H3,(H,11,12). The zero-order valence-corrected chi connectivity index (χ0v) is 7.89. The molecule has 2 rings (SSSR count). The highest BCUT2D eigenvalue weighted by atomic mass is 16.2. The lowest BCUT2D eigenvalue weighted by Gasteiger charge is -2.18. The molecule has 2 nitrogen and oxygen atoms in total. The largest absolute Gasteiger partial charge is 0.350 e. The maximum Gasteiger partial charge on any atom is 0.220 e. The van der Waals surface area contributed by atoms with E-state index in [1.54, 1.807) is 0 Å². The molecule has 2 heteroatoms. The van der Waals surface area contributed by atoms with Gasteiger partial charge in [0.2, 0.25) is 5.91 Å². The van der Waals surface area contributed by atoms with Crippen molar-refractivity contribution in [1.29, 1.82) is 0 Å². The van der Waals surface area contributed by atoms with Crippen LogP contribution in [0.4, 0.5) is 0 Å². The van der Waals surface area contributed by atoms with Crippen molar-refractivity contribution in [2.75, 3.05) is 0 Å². The van der Waals surface area contributed by atoms with Crippen LogP contribution in [0.3, 0.4) is 0 Å². The van der Waals surface area contributed by atoms with Crippen molar-refractivity contribution in [2.45, 2.75) is 45.1 Å². The summed E-state index contributed by atoms with van der Waals surface area (Å²) in [6.45, 7) is 4.47. The Balaban J connectivity index is 2.01. The van der Waals surface area contributed by atoms with E-state index in [-0.39, 0.29) is 11.4 Å². The highest BCUT2D eigenvalue weighted by molar-refractivity contribution is 5.80. The quantitative estimate of drug-likeness (QED) is 0.666. The lowest BCUT2D eigenvalue weighted by molar-refractivity contribution is -0.119. The van der Waals surface area contributed by atoms with Crippen molar-refractivity contribution in [3.63, 3.8) is 0 Å². The molecule has 1 spiro atoms. The molecule has 0 aromatic heterocycles. The Labute approximate surface area is 73.7 Å². The Kier molecular flexibility index (Phi) is 1.67. The van der Waals surface area contributed by atoms with Crippen molar-refractivity contribution in [1.82, 2.24) is 5.32 Å². The summed E-state index contributed by atoms with van der Waals surface area (Å²) in [5.74, 6) is 1.63. The van der Waals surface area contributed by atoms with E-state index in [4.69, 9.17) is 0 Å². The van der Waals surface area contributed by atoms with Crippen LogP contribution in [0.15, 0.2) is 0 Å². The first-order chi connectivity index (χ1) is 5.62. The Morgan fingerprint density at radius 2 is 2.25 bits per heavy atom. The molecule has 1 saturated heterocycles. The molecule has 1 unspecified atom stereocenters. The average Bonchev–Trinajstić information content (AvgIpc) is 2.60. The minimum atomic E-state index is 0.265. The van der Waals surface area contributed by atoms with E-state index in [0.717, 1.165) is 12.3 Å². The maximum absolute atomic E-state index is 11.2. The Morgan fingerprint density at radius 3 is 2.75 bits per heavy atom. The van der Waals surface area contributed by atoms with E-state index in [0.29, 0.717) is 5.92 Å². The van der Waals surface area contributed by atoms with Crippen molar-refractivity contribution in [2.24, 2.45) is 11.8 Å². The highest BCUT2D eigenvalue weighted by Gasteiger charge is 2.54. The molecule has 1 saturated carbocycles. The maximum atomic E-state index is 11.2. The molecule has 12 heavy (non-hydrogen) atoms. The lowest BCUT2D eigenvalue weighted by Crippen LogP contribution is -2.31. The SMILES string of the molecule is CC(C)CC1CC(=O)NC12CC2. The summed E-state index contributed by atoms with van der Waals surface area (Å²) in [4.78, 5) is 11.2. The average molecular weight is 167 g/mol. The summed E-state index contributed by atoms with van der Waals surface area (Å²) in [7, 11) is 0. The smallest absolute Gasteiger partial charge is 0.220 e. The molecule has 1 amide bonds. The summed E-state index contributed by atoms with van der Waals surface area (Å²) in [6, 6.07) is 0. The number of carbonyl (C=O) groups is 1. The zero-order valence-electron chi connectivity index (χ0n) is 7.89. The van der Waals surface area contributed by atoms with Crippen LogP contribution in [0.5, 0.6) is 0 Å². The van der Waals surface area contributed by atoms with Crippen molar-refractivity contribution in [3.05, 3.63) is 0 Å². The van der Waals surface area contributed by atoms with Crippen LogP contribution in [0.2, 0.25) is 0 Å². The highest BCUT2D eigenvalue weighted by Crippen LogP contribution is 2.49. The summed E-state index contributed by atoms with van der Waals surface area (Å²) >= 11 is 0. The fourth-order valence-corrected chi connectivity index (χ4v) is 2.40. The van der Waals surface area contributed by atoms with Crippen LogP contribution >= 0.6 is 0 Å². The molecular formula is C10H17NO. The van der Waals surface area contributed by atoms with Gasteiger partial charge in [-0.2, -0.15) is 0 Å². The molecule has 0 aromatic rings. The first kappa shape index (κ1) is 8.09. The van der Waals surface area contributed by atoms with Gasteiger partial charge in [0.15, 0.2) is 0 Å². The molecule has 0 aromatic carbocycles. The van der Waals surface area contributed by atoms with Crippen LogP contribution < -0.4 is 5.32 Å². The van der Waals surface area contributed by atoms with Gasteiger partial charge in [-0.25, -0.2) is 0 Å². The number of rotatable bonds is 2. The van der Waals surface area contributed by atoms with Gasteiger partial charge in [-0.15, -0.1) is 0 Å². The van der Waals surface area contributed by atoms with Crippen molar-refractivity contribution in [3.8, 4) is 0 Å². The fraction of sp³-hybridized carbons (Fsp3) is 0.900. The molecule has 0 bridgehead atoms. The van der Waals surface area contributed by atoms with Gasteiger partial charge >= 0.3 is 0 Å². The van der Waals surface area contributed by atoms with E-state index < -0.39 is 0 Å². The monoisotopic (exact) mass is 167 g/mol. The number of amides is 1. The van der Waals surface area contributed by atoms with E-state index in [1.807, 2.05) is 0 Å². The van der Waals surface area contributed by atoms with E-state index in [2.05, 4.69) is 19.2 Å². The Hall–Kier alpha value is -0.530. The summed E-state index contributed by atoms with van der Waals surface area (Å²) in [5.41, 5.74) is 0.265. The van der Waals surface area contributed by atoms with Crippen LogP contribution in [0.25, 0.3) is 0 Å². The normalized spacial score (nSPS) is 31.2. The minimum Gasteiger partial charge on any atom is -0.350 e. The van der Waals surface area contributed by atoms with Crippen LogP contribution in [-0.4, -0.2) is 11.4 Å². The zero-order chi connectivity index (χ0) is 8.77. The minimum absolute atomic E-state index is 0.265. The molecule has 1 atom stereocenters. The van der Waals surface area contributed by atoms with Gasteiger partial charge in [-0.05, 0) is 31.1 Å². The first-order valence-electron chi connectivity index (χ1n) is 4.93. The predicted octanol–water partition coefficient (Wildman–Crippen LogP) is 1.70. The molecule has 68 valence electrons. The Bertz CT molecular complexity index is 206. The van der Waals surface area contributed by atoms with Gasteiger partial charge in [0, 0.05) is 12.0 Å². The number of hydrogen-bond acceptors (Lipinski definition) is 1. The van der Waals surface area contributed by atoms with E-state index in [9.17, 15) is 4.79 Å². The van der Waals surface area contributed by atoms with Gasteiger partial charge in [0.05, 0.1) is 0 Å². The second kappa shape index (κ2) is 2.48. The number of hydrogen-bond donors (Lipinski definition) is 1. The Morgan fingerprint density at radius 1 is 1.58 bits per heavy atom. The van der Waals surface area contributed by atoms with Crippen molar-refractivity contribution >= 4 is 5.91 Å². The molecule has 0 radical (unpaired) electrons. The fourth-order valence-electron chi connectivity index (χ4n) is 2.40. The summed E-state index contributed by atoms with van der Waals surface area (Å²) < 4.78 is 0. The molecule has 1 N–H and O–H groups in total. The van der Waals surface area contributed by atoms with E-state index in [1.165, 1.54) is 19.3 Å². The third-order valence-corrected chi connectivity index (χ3v) is 3.15. The topological polar surface area (TPSA) is 29.1 Å². The van der Waals surface area contributed by atoms with Crippen LogP contribution in [0, 0.1) is 11.8 Å². The number of carbonyl (C=O) groups excluding carboxylic acids is 1. The van der Waals surface area contributed by atoms with Crippen molar-refractivity contribution < 1.29 is 4.79 Å². The van der Waals surface area contributed by atoms with Gasteiger partial charge in [-0.3, -0.25) is 4.79 Å². The molecule has 2 aliphatic rings. The second-order valence-electron chi connectivity index (χ2n) is 4.73. The van der Waals surface area contributed by atoms with Gasteiger partial charge in [0.25, 0.3) is 0 Å². The predicted molar refractivity (Wildman–Crippen MR) is 47.7 cm³/mol. The first-order valence-corrected chi connectivity index (χ1v) is 4.93. The number of nitrogens with one attached hydrogen (secondary N) is 1. The van der Waals surface area contributed by atoms with Gasteiger partial charge in [0.1, 0.15) is 0 Å².